The van der Waals surface area contributed by atoms with Crippen LogP contribution in [-0.2, 0) is 27.9 Å². The molecule has 0 fully saturated rings. The molecule has 1 amide bonds. The van der Waals surface area contributed by atoms with Gasteiger partial charge in [0.15, 0.2) is 0 Å². The molecule has 0 aromatic heterocycles. The summed E-state index contributed by atoms with van der Waals surface area (Å²) in [7, 11) is 1.20. The zero-order chi connectivity index (χ0) is 56.4. The van der Waals surface area contributed by atoms with Crippen LogP contribution in [-0.4, -0.2) is 69.4 Å². The fourth-order valence-corrected chi connectivity index (χ4v) is 10.6. The summed E-state index contributed by atoms with van der Waals surface area (Å²) in [6, 6.07) is -0.887. The Morgan fingerprint density at radius 3 is 1.12 bits per heavy atom. The lowest BCUT2D eigenvalue weighted by atomic mass is 10.0. The molecule has 0 aliphatic heterocycles. The molecule has 0 rings (SSSR count). The first-order chi connectivity index (χ1) is 37.4. The van der Waals surface area contributed by atoms with Crippen LogP contribution in [0.5, 0.6) is 0 Å². The van der Waals surface area contributed by atoms with Crippen LogP contribution in [0.1, 0.15) is 329 Å². The fourth-order valence-electron chi connectivity index (χ4n) is 9.87. The van der Waals surface area contributed by atoms with E-state index in [-0.39, 0.29) is 31.5 Å². The highest BCUT2D eigenvalue weighted by Gasteiger charge is 2.27. The number of hydrogen-bond donors (Lipinski definition) is 1. The van der Waals surface area contributed by atoms with Gasteiger partial charge in [-0.1, -0.05) is 269 Å². The molecule has 454 valence electrons. The van der Waals surface area contributed by atoms with Crippen molar-refractivity contribution < 1.29 is 37.3 Å². The highest BCUT2D eigenvalue weighted by Crippen LogP contribution is 2.38. The van der Waals surface area contributed by atoms with Gasteiger partial charge in [-0.05, 0) is 83.1 Å². The Morgan fingerprint density at radius 2 is 0.753 bits per heavy atom. The number of hydrogen-bond acceptors (Lipinski definition) is 7. The van der Waals surface area contributed by atoms with E-state index in [0.717, 1.165) is 70.6 Å². The van der Waals surface area contributed by atoms with Crippen molar-refractivity contribution in [2.45, 2.75) is 341 Å². The zero-order valence-corrected chi connectivity index (χ0v) is 52.8. The maximum atomic E-state index is 13.6. The minimum atomic E-state index is -4.70. The molecular formula is C67H129N2O7P. The van der Waals surface area contributed by atoms with Gasteiger partial charge in [0.1, 0.15) is 19.3 Å². The zero-order valence-electron chi connectivity index (χ0n) is 51.9. The van der Waals surface area contributed by atoms with Gasteiger partial charge in [-0.15, -0.1) is 0 Å². The van der Waals surface area contributed by atoms with Crippen molar-refractivity contribution >= 4 is 19.7 Å². The minimum Gasteiger partial charge on any atom is -0.756 e. The summed E-state index contributed by atoms with van der Waals surface area (Å²) >= 11 is 0. The van der Waals surface area contributed by atoms with E-state index in [2.05, 4.69) is 50.4 Å². The summed E-state index contributed by atoms with van der Waals surface area (Å²) in [6.07, 6.45) is 69.7. The number of esters is 1. The Balaban J connectivity index is 5.14. The first-order valence-electron chi connectivity index (χ1n) is 33.3. The van der Waals surface area contributed by atoms with Crippen LogP contribution in [0, 0.1) is 0 Å². The summed E-state index contributed by atoms with van der Waals surface area (Å²) in [4.78, 5) is 40.1. The van der Waals surface area contributed by atoms with Gasteiger partial charge in [0.2, 0.25) is 5.91 Å². The molecule has 0 saturated heterocycles. The van der Waals surface area contributed by atoms with Crippen LogP contribution in [0.2, 0.25) is 0 Å². The van der Waals surface area contributed by atoms with Gasteiger partial charge < -0.3 is 28.5 Å². The predicted molar refractivity (Wildman–Crippen MR) is 330 cm³/mol. The van der Waals surface area contributed by atoms with E-state index in [4.69, 9.17) is 13.8 Å². The van der Waals surface area contributed by atoms with Crippen molar-refractivity contribution in [3.05, 3.63) is 36.5 Å². The van der Waals surface area contributed by atoms with Gasteiger partial charge in [0, 0.05) is 12.8 Å². The molecule has 9 nitrogen and oxygen atoms in total. The lowest BCUT2D eigenvalue weighted by Crippen LogP contribution is -2.47. The molecule has 0 radical (unpaired) electrons. The number of nitrogens with one attached hydrogen (secondary N) is 1. The standard InChI is InChI=1S/C67H129N2O7P/c1-7-10-13-16-19-22-25-28-30-31-32-33-34-35-36-37-39-41-44-47-50-53-56-59-66(70)68-64(63-75-77(72,73)74-62-61-69(4,5)6)65(58-55-52-49-46-43-40-27-24-21-18-15-12-9-3)76-67(71)60-57-54-51-48-45-42-38-29-26-23-20-17-14-11-8-2/h23,26,28,30,55,58,64-65H,7-22,24-25,27,29,31-54,56-57,59-63H2,1-6H3,(H-,68,70,72,73)/b26-23-,30-28+,58-55-. The monoisotopic (exact) mass is 1100 g/mol. The van der Waals surface area contributed by atoms with E-state index in [1.165, 1.54) is 225 Å². The summed E-state index contributed by atoms with van der Waals surface area (Å²) in [6.45, 7) is 6.87. The Hall–Kier alpha value is -1.77. The molecule has 0 heterocycles. The number of carbonyl (C=O) groups is 2. The van der Waals surface area contributed by atoms with Crippen LogP contribution < -0.4 is 10.2 Å². The average Bonchev–Trinajstić information content (AvgIpc) is 3.39. The maximum absolute atomic E-state index is 13.6. The SMILES string of the molecule is CCCCCC/C=C\CCCCCCCCCC(=O)OC(/C=C\CCCCCCCCCCCCC)C(COP(=O)([O-])OCC[N+](C)(C)C)NC(=O)CCCCCCCCCCCCCCC/C=C/CCCCCCCC. The molecule has 0 spiro atoms. The third kappa shape index (κ3) is 58.7. The summed E-state index contributed by atoms with van der Waals surface area (Å²) in [5, 5.41) is 3.04. The Morgan fingerprint density at radius 1 is 0.442 bits per heavy atom. The van der Waals surface area contributed by atoms with Crippen LogP contribution in [0.25, 0.3) is 0 Å². The first kappa shape index (κ1) is 75.2. The Kier molecular flexibility index (Phi) is 56.1. The average molecular weight is 1110 g/mol. The van der Waals surface area contributed by atoms with Crippen molar-refractivity contribution in [3.8, 4) is 0 Å². The lowest BCUT2D eigenvalue weighted by Gasteiger charge is -2.30. The van der Waals surface area contributed by atoms with E-state index < -0.39 is 20.0 Å². The van der Waals surface area contributed by atoms with E-state index in [9.17, 15) is 19.0 Å². The van der Waals surface area contributed by atoms with Crippen molar-refractivity contribution in [1.29, 1.82) is 0 Å². The predicted octanol–water partition coefficient (Wildman–Crippen LogP) is 20.0. The molecule has 0 aliphatic rings. The highest BCUT2D eigenvalue weighted by molar-refractivity contribution is 7.45. The maximum Gasteiger partial charge on any atom is 0.306 e. The fraction of sp³-hybridized carbons (Fsp3) is 0.881. The van der Waals surface area contributed by atoms with Gasteiger partial charge in [-0.2, -0.15) is 0 Å². The summed E-state index contributed by atoms with van der Waals surface area (Å²) in [5.74, 6) is -0.532. The van der Waals surface area contributed by atoms with Crippen molar-refractivity contribution in [2.24, 2.45) is 0 Å². The van der Waals surface area contributed by atoms with Crippen molar-refractivity contribution in [3.63, 3.8) is 0 Å². The van der Waals surface area contributed by atoms with Crippen LogP contribution in [0.4, 0.5) is 0 Å². The number of carbonyl (C=O) groups excluding carboxylic acids is 2. The molecule has 0 aromatic carbocycles. The van der Waals surface area contributed by atoms with Gasteiger partial charge in [0.05, 0.1) is 33.8 Å². The number of ether oxygens (including phenoxy) is 1. The number of allylic oxidation sites excluding steroid dienone is 5. The molecule has 0 bridgehead atoms. The molecular weight excluding hydrogens is 976 g/mol. The molecule has 3 atom stereocenters. The molecule has 0 saturated carbocycles. The number of phosphoric ester groups is 1. The topological polar surface area (TPSA) is 114 Å². The van der Waals surface area contributed by atoms with Gasteiger partial charge in [-0.3, -0.25) is 14.2 Å². The van der Waals surface area contributed by atoms with E-state index in [1.807, 2.05) is 33.3 Å². The normalized spacial score (nSPS) is 13.8. The number of nitrogens with zero attached hydrogens (tertiary/aromatic N) is 1. The first-order valence-corrected chi connectivity index (χ1v) is 34.8. The van der Waals surface area contributed by atoms with E-state index >= 15 is 0 Å². The third-order valence-corrected chi connectivity index (χ3v) is 16.0. The smallest absolute Gasteiger partial charge is 0.306 e. The molecule has 77 heavy (non-hydrogen) atoms. The lowest BCUT2D eigenvalue weighted by molar-refractivity contribution is -0.870. The minimum absolute atomic E-state index is 0.0208. The molecule has 3 unspecified atom stereocenters. The molecule has 0 aromatic rings. The Bertz CT molecular complexity index is 1410. The quantitative estimate of drug-likeness (QED) is 0.0212. The number of amides is 1. The van der Waals surface area contributed by atoms with Crippen molar-refractivity contribution in [1.82, 2.24) is 5.32 Å². The number of unbranched alkanes of at least 4 members (excludes halogenated alkanes) is 41. The van der Waals surface area contributed by atoms with Crippen LogP contribution in [0.15, 0.2) is 36.5 Å². The number of quaternary nitrogens is 1. The summed E-state index contributed by atoms with van der Waals surface area (Å²) in [5.41, 5.74) is 0. The van der Waals surface area contributed by atoms with E-state index in [0.29, 0.717) is 17.4 Å². The highest BCUT2D eigenvalue weighted by atomic mass is 31.2. The number of likely N-dealkylation sites (N-methyl/N-ethyl adjacent to an activating group) is 1. The second kappa shape index (κ2) is 57.5. The molecule has 10 heteroatoms. The van der Waals surface area contributed by atoms with Crippen LogP contribution >= 0.6 is 7.82 Å². The third-order valence-electron chi connectivity index (χ3n) is 15.0. The van der Waals surface area contributed by atoms with Crippen LogP contribution in [0.3, 0.4) is 0 Å². The van der Waals surface area contributed by atoms with Crippen molar-refractivity contribution in [2.75, 3.05) is 40.9 Å². The number of phosphoric acid groups is 1. The second-order valence-electron chi connectivity index (χ2n) is 24.0. The van der Waals surface area contributed by atoms with Gasteiger partial charge >= 0.3 is 5.97 Å². The largest absolute Gasteiger partial charge is 0.756 e. The molecule has 0 aliphatic carbocycles. The molecule has 1 N–H and O–H groups in total. The number of rotatable bonds is 61. The summed E-state index contributed by atoms with van der Waals surface area (Å²) < 4.78 is 30.4. The van der Waals surface area contributed by atoms with Gasteiger partial charge in [0.25, 0.3) is 7.82 Å². The second-order valence-corrected chi connectivity index (χ2v) is 25.4. The Labute approximate surface area is 478 Å². The van der Waals surface area contributed by atoms with Gasteiger partial charge in [-0.25, -0.2) is 0 Å². The van der Waals surface area contributed by atoms with E-state index in [1.54, 1.807) is 0 Å².